The predicted octanol–water partition coefficient (Wildman–Crippen LogP) is 2.58. The summed E-state index contributed by atoms with van der Waals surface area (Å²) < 4.78 is 41.8. The third kappa shape index (κ3) is 4.68. The number of carbonyl (C=O) groups is 1. The highest BCUT2D eigenvalue weighted by Gasteiger charge is 2.13. The minimum Gasteiger partial charge on any atom is -0.368 e. The summed E-state index contributed by atoms with van der Waals surface area (Å²) in [5.74, 6) is -3.41. The molecule has 1 aromatic carbocycles. The summed E-state index contributed by atoms with van der Waals surface area (Å²) in [6, 6.07) is 1.16. The van der Waals surface area contributed by atoms with E-state index in [0.717, 1.165) is 0 Å². The molecule has 0 bridgehead atoms. The molecule has 3 rings (SSSR count). The van der Waals surface area contributed by atoms with Crippen LogP contribution in [0.1, 0.15) is 5.56 Å². The van der Waals surface area contributed by atoms with E-state index in [0.29, 0.717) is 17.8 Å². The van der Waals surface area contributed by atoms with Gasteiger partial charge in [-0.2, -0.15) is 10.1 Å². The van der Waals surface area contributed by atoms with Gasteiger partial charge in [0.15, 0.2) is 5.82 Å². The molecule has 8 nitrogen and oxygen atoms in total. The van der Waals surface area contributed by atoms with Gasteiger partial charge in [-0.05, 0) is 0 Å². The Labute approximate surface area is 161 Å². The maximum atomic E-state index is 13.7. The van der Waals surface area contributed by atoms with E-state index >= 15 is 0 Å². The van der Waals surface area contributed by atoms with Crippen molar-refractivity contribution < 1.29 is 18.0 Å². The van der Waals surface area contributed by atoms with E-state index in [1.165, 1.54) is 23.3 Å². The van der Waals surface area contributed by atoms with E-state index in [2.05, 4.69) is 25.7 Å². The molecular weight excluding hydrogens is 399 g/mol. The van der Waals surface area contributed by atoms with Crippen molar-refractivity contribution in [2.45, 2.75) is 13.1 Å². The number of carbonyl (C=O) groups excluding carboxylic acids is 1. The largest absolute Gasteiger partial charge is 0.368 e. The summed E-state index contributed by atoms with van der Waals surface area (Å²) in [6.45, 7) is -0.407. The molecule has 4 N–H and O–H groups in total. The highest BCUT2D eigenvalue weighted by molar-refractivity contribution is 6.32. The van der Waals surface area contributed by atoms with E-state index in [-0.39, 0.29) is 35.4 Å². The number of primary amides is 1. The number of halogens is 4. The number of hydrogen-bond donors (Lipinski definition) is 3. The van der Waals surface area contributed by atoms with Crippen LogP contribution in [0.5, 0.6) is 0 Å². The second-order valence-corrected chi connectivity index (χ2v) is 6.02. The molecule has 0 aliphatic rings. The lowest BCUT2D eigenvalue weighted by molar-refractivity contribution is -0.118. The maximum absolute atomic E-state index is 13.7. The molecule has 0 aliphatic heterocycles. The fourth-order valence-corrected chi connectivity index (χ4v) is 2.43. The summed E-state index contributed by atoms with van der Waals surface area (Å²) in [6.07, 6.45) is 4.22. The maximum Gasteiger partial charge on any atom is 0.239 e. The number of nitrogens with two attached hydrogens (primary N) is 1. The van der Waals surface area contributed by atoms with Crippen LogP contribution in [-0.2, 0) is 17.9 Å². The Morgan fingerprint density at radius 3 is 2.61 bits per heavy atom. The van der Waals surface area contributed by atoms with Gasteiger partial charge in [-0.25, -0.2) is 18.2 Å². The van der Waals surface area contributed by atoms with Gasteiger partial charge in [-0.1, -0.05) is 11.6 Å². The van der Waals surface area contributed by atoms with E-state index in [1.807, 2.05) is 0 Å². The smallest absolute Gasteiger partial charge is 0.239 e. The lowest BCUT2D eigenvalue weighted by Gasteiger charge is -2.10. The Hall–Kier alpha value is -3.34. The first-order valence-electron chi connectivity index (χ1n) is 7.79. The van der Waals surface area contributed by atoms with Crippen LogP contribution in [0, 0.1) is 17.5 Å². The lowest BCUT2D eigenvalue weighted by atomic mass is 10.2. The average Bonchev–Trinajstić information content (AvgIpc) is 3.02. The van der Waals surface area contributed by atoms with Gasteiger partial charge in [-0.15, -0.1) is 0 Å². The second-order valence-electron chi connectivity index (χ2n) is 5.61. The molecule has 0 unspecified atom stereocenters. The number of hydrogen-bond acceptors (Lipinski definition) is 6. The summed E-state index contributed by atoms with van der Waals surface area (Å²) in [5, 5.41) is 9.57. The highest BCUT2D eigenvalue weighted by atomic mass is 35.5. The number of rotatable bonds is 7. The number of aromatic nitrogens is 4. The van der Waals surface area contributed by atoms with Crippen LogP contribution in [0.2, 0.25) is 5.02 Å². The number of amides is 1. The van der Waals surface area contributed by atoms with Gasteiger partial charge in [0.25, 0.3) is 0 Å². The van der Waals surface area contributed by atoms with Crippen molar-refractivity contribution in [3.05, 3.63) is 58.8 Å². The molecule has 0 radical (unpaired) electrons. The van der Waals surface area contributed by atoms with Crippen molar-refractivity contribution in [3.8, 4) is 0 Å². The Morgan fingerprint density at radius 2 is 1.93 bits per heavy atom. The molecule has 0 aliphatic carbocycles. The standard InChI is InChI=1S/C16H13ClF3N7O/c17-11-5-23-16(25-9-3-24-27(6-9)7-14(21)28)26-15(11)22-4-10-12(19)1-8(18)2-13(10)20/h1-3,5-6H,4,7H2,(H2,21,28)(H2,22,23,25,26). The van der Waals surface area contributed by atoms with Crippen LogP contribution in [-0.4, -0.2) is 25.7 Å². The van der Waals surface area contributed by atoms with Gasteiger partial charge >= 0.3 is 0 Å². The second kappa shape index (κ2) is 8.13. The predicted molar refractivity (Wildman–Crippen MR) is 95.4 cm³/mol. The zero-order chi connectivity index (χ0) is 20.3. The van der Waals surface area contributed by atoms with Crippen molar-refractivity contribution in [1.29, 1.82) is 0 Å². The van der Waals surface area contributed by atoms with Gasteiger partial charge in [0.2, 0.25) is 11.9 Å². The van der Waals surface area contributed by atoms with E-state index in [9.17, 15) is 18.0 Å². The monoisotopic (exact) mass is 411 g/mol. The van der Waals surface area contributed by atoms with Crippen molar-refractivity contribution in [2.75, 3.05) is 10.6 Å². The topological polar surface area (TPSA) is 111 Å². The molecule has 1 amide bonds. The van der Waals surface area contributed by atoms with Gasteiger partial charge in [0, 0.05) is 30.4 Å². The molecule has 28 heavy (non-hydrogen) atoms. The minimum atomic E-state index is -1.03. The van der Waals surface area contributed by atoms with Crippen LogP contribution in [0.4, 0.5) is 30.6 Å². The lowest BCUT2D eigenvalue weighted by Crippen LogP contribution is -2.18. The molecule has 2 heterocycles. The summed E-state index contributed by atoms with van der Waals surface area (Å²) in [4.78, 5) is 19.0. The van der Waals surface area contributed by atoms with Crippen molar-refractivity contribution >= 4 is 35.0 Å². The van der Waals surface area contributed by atoms with Crippen LogP contribution in [0.25, 0.3) is 0 Å². The van der Waals surface area contributed by atoms with Crippen LogP contribution >= 0.6 is 11.6 Å². The highest BCUT2D eigenvalue weighted by Crippen LogP contribution is 2.23. The molecule has 0 fully saturated rings. The Kier molecular flexibility index (Phi) is 5.64. The van der Waals surface area contributed by atoms with Gasteiger partial charge < -0.3 is 16.4 Å². The quantitative estimate of drug-likeness (QED) is 0.551. The number of nitrogens with zero attached hydrogens (tertiary/aromatic N) is 4. The van der Waals surface area contributed by atoms with E-state index in [4.69, 9.17) is 17.3 Å². The zero-order valence-corrected chi connectivity index (χ0v) is 14.8. The molecule has 0 saturated carbocycles. The number of nitrogens with one attached hydrogen (secondary N) is 2. The SMILES string of the molecule is NC(=O)Cn1cc(Nc2ncc(Cl)c(NCc3c(F)cc(F)cc3F)n2)cn1. The van der Waals surface area contributed by atoms with E-state index < -0.39 is 23.4 Å². The average molecular weight is 412 g/mol. The number of anilines is 3. The number of benzene rings is 1. The molecule has 2 aromatic heterocycles. The molecule has 0 atom stereocenters. The molecular formula is C16H13ClF3N7O. The Balaban J connectivity index is 1.73. The van der Waals surface area contributed by atoms with Crippen molar-refractivity contribution in [3.63, 3.8) is 0 Å². The molecule has 12 heteroatoms. The Morgan fingerprint density at radius 1 is 1.21 bits per heavy atom. The van der Waals surface area contributed by atoms with Crippen LogP contribution in [0.3, 0.4) is 0 Å². The van der Waals surface area contributed by atoms with Gasteiger partial charge in [0.05, 0.1) is 18.1 Å². The minimum absolute atomic E-state index is 0.0925. The third-order valence-corrected chi connectivity index (χ3v) is 3.77. The third-order valence-electron chi connectivity index (χ3n) is 3.49. The van der Waals surface area contributed by atoms with Crippen molar-refractivity contribution in [2.24, 2.45) is 5.73 Å². The summed E-state index contributed by atoms with van der Waals surface area (Å²) >= 11 is 6.00. The van der Waals surface area contributed by atoms with Gasteiger partial charge in [-0.3, -0.25) is 9.48 Å². The fourth-order valence-electron chi connectivity index (χ4n) is 2.27. The first-order chi connectivity index (χ1) is 13.3. The summed E-state index contributed by atoms with van der Waals surface area (Å²) in [5.41, 5.74) is 5.21. The van der Waals surface area contributed by atoms with Crippen molar-refractivity contribution in [1.82, 2.24) is 19.7 Å². The first kappa shape index (κ1) is 19.4. The van der Waals surface area contributed by atoms with Gasteiger partial charge in [0.1, 0.15) is 29.0 Å². The van der Waals surface area contributed by atoms with Crippen LogP contribution in [0.15, 0.2) is 30.7 Å². The van der Waals surface area contributed by atoms with Crippen LogP contribution < -0.4 is 16.4 Å². The first-order valence-corrected chi connectivity index (χ1v) is 8.17. The molecule has 3 aromatic rings. The normalized spacial score (nSPS) is 10.7. The molecule has 146 valence electrons. The summed E-state index contributed by atoms with van der Waals surface area (Å²) in [7, 11) is 0. The van der Waals surface area contributed by atoms with E-state index in [1.54, 1.807) is 0 Å². The zero-order valence-electron chi connectivity index (χ0n) is 14.1. The Bertz CT molecular complexity index is 1000. The molecule has 0 saturated heterocycles. The fraction of sp³-hybridized carbons (Fsp3) is 0.125. The molecule has 0 spiro atoms.